The van der Waals surface area contributed by atoms with Crippen LogP contribution in [0.4, 0.5) is 10.5 Å². The van der Waals surface area contributed by atoms with E-state index in [0.717, 1.165) is 10.2 Å². The van der Waals surface area contributed by atoms with Crippen LogP contribution in [0, 0.1) is 0 Å². The fourth-order valence-corrected chi connectivity index (χ4v) is 3.05. The standard InChI is InChI=1S/C16H15ClN4O2S/c1-9(2)19-15(22)20-11-4-6-14(18-8-11)23-16-21-12-5-3-10(17)7-13(12)24-16/h3-9H,1-2H3,(H2,19,20,22). The zero-order chi connectivity index (χ0) is 17.1. The van der Waals surface area contributed by atoms with Crippen LogP contribution in [0.15, 0.2) is 36.5 Å². The maximum absolute atomic E-state index is 11.6. The van der Waals surface area contributed by atoms with Gasteiger partial charge in [0, 0.05) is 17.1 Å². The van der Waals surface area contributed by atoms with Crippen molar-refractivity contribution in [1.29, 1.82) is 0 Å². The number of aromatic nitrogens is 2. The Morgan fingerprint density at radius 3 is 2.83 bits per heavy atom. The lowest BCUT2D eigenvalue weighted by Crippen LogP contribution is -2.34. The molecule has 0 aliphatic rings. The van der Waals surface area contributed by atoms with E-state index in [2.05, 4.69) is 20.6 Å². The van der Waals surface area contributed by atoms with Crippen molar-refractivity contribution >= 4 is 44.9 Å². The molecule has 2 aromatic heterocycles. The molecular formula is C16H15ClN4O2S. The number of carbonyl (C=O) groups is 1. The number of anilines is 1. The molecular weight excluding hydrogens is 348 g/mol. The van der Waals surface area contributed by atoms with Gasteiger partial charge in [0.2, 0.25) is 5.88 Å². The maximum atomic E-state index is 11.6. The second-order valence-corrected chi connectivity index (χ2v) is 6.76. The molecule has 24 heavy (non-hydrogen) atoms. The van der Waals surface area contributed by atoms with E-state index in [1.807, 2.05) is 26.0 Å². The van der Waals surface area contributed by atoms with Crippen LogP contribution >= 0.6 is 22.9 Å². The Morgan fingerprint density at radius 1 is 1.29 bits per heavy atom. The molecule has 0 saturated heterocycles. The van der Waals surface area contributed by atoms with Crippen LogP contribution in [-0.4, -0.2) is 22.0 Å². The van der Waals surface area contributed by atoms with Crippen LogP contribution in [0.1, 0.15) is 13.8 Å². The highest BCUT2D eigenvalue weighted by Gasteiger charge is 2.08. The van der Waals surface area contributed by atoms with E-state index in [1.165, 1.54) is 17.5 Å². The third kappa shape index (κ3) is 4.12. The highest BCUT2D eigenvalue weighted by atomic mass is 35.5. The quantitative estimate of drug-likeness (QED) is 0.707. The van der Waals surface area contributed by atoms with Crippen LogP contribution in [0.3, 0.4) is 0 Å². The van der Waals surface area contributed by atoms with E-state index in [-0.39, 0.29) is 12.1 Å². The van der Waals surface area contributed by atoms with Crippen LogP contribution in [0.5, 0.6) is 11.1 Å². The molecule has 0 spiro atoms. The zero-order valence-corrected chi connectivity index (χ0v) is 14.6. The van der Waals surface area contributed by atoms with E-state index < -0.39 is 0 Å². The lowest BCUT2D eigenvalue weighted by atomic mass is 10.3. The van der Waals surface area contributed by atoms with Crippen LogP contribution in [-0.2, 0) is 0 Å². The third-order valence-corrected chi connectivity index (χ3v) is 4.07. The Hall–Kier alpha value is -2.38. The van der Waals surface area contributed by atoms with Gasteiger partial charge in [-0.1, -0.05) is 22.9 Å². The first-order chi connectivity index (χ1) is 11.5. The van der Waals surface area contributed by atoms with Gasteiger partial charge in [-0.05, 0) is 38.1 Å². The van der Waals surface area contributed by atoms with Crippen molar-refractivity contribution < 1.29 is 9.53 Å². The number of benzene rings is 1. The van der Waals surface area contributed by atoms with Gasteiger partial charge in [-0.3, -0.25) is 0 Å². The molecule has 1 aromatic carbocycles. The molecule has 6 nitrogen and oxygen atoms in total. The van der Waals surface area contributed by atoms with Gasteiger partial charge in [0.15, 0.2) is 0 Å². The Labute approximate surface area is 147 Å². The Morgan fingerprint density at radius 2 is 2.12 bits per heavy atom. The van der Waals surface area contributed by atoms with Crippen LogP contribution < -0.4 is 15.4 Å². The number of halogens is 1. The number of ether oxygens (including phenoxy) is 1. The van der Waals surface area contributed by atoms with Crippen LogP contribution in [0.25, 0.3) is 10.2 Å². The molecule has 0 atom stereocenters. The minimum atomic E-state index is -0.275. The lowest BCUT2D eigenvalue weighted by Gasteiger charge is -2.10. The normalized spacial score (nSPS) is 10.8. The van der Waals surface area contributed by atoms with E-state index in [0.29, 0.717) is 21.8 Å². The number of pyridine rings is 1. The molecule has 0 unspecified atom stereocenters. The van der Waals surface area contributed by atoms with E-state index >= 15 is 0 Å². The first kappa shape index (κ1) is 16.5. The fourth-order valence-electron chi connectivity index (χ4n) is 1.95. The average molecular weight is 363 g/mol. The van der Waals surface area contributed by atoms with Crippen molar-refractivity contribution in [1.82, 2.24) is 15.3 Å². The SMILES string of the molecule is CC(C)NC(=O)Nc1ccc(Oc2nc3ccc(Cl)cc3s2)nc1. The molecule has 124 valence electrons. The zero-order valence-electron chi connectivity index (χ0n) is 13.0. The number of carbonyl (C=O) groups excluding carboxylic acids is 1. The number of nitrogens with zero attached hydrogens (tertiary/aromatic N) is 2. The molecule has 3 aromatic rings. The van der Waals surface area contributed by atoms with E-state index in [4.69, 9.17) is 16.3 Å². The largest absolute Gasteiger partial charge is 0.412 e. The van der Waals surface area contributed by atoms with Gasteiger partial charge in [0.25, 0.3) is 5.19 Å². The number of thiazole rings is 1. The van der Waals surface area contributed by atoms with Gasteiger partial charge >= 0.3 is 6.03 Å². The summed E-state index contributed by atoms with van der Waals surface area (Å²) in [5.74, 6) is 0.398. The Bertz CT molecular complexity index is 864. The number of nitrogens with one attached hydrogen (secondary N) is 2. The molecule has 0 radical (unpaired) electrons. The Kier molecular flexibility index (Phi) is 4.82. The van der Waals surface area contributed by atoms with E-state index in [1.54, 1.807) is 18.2 Å². The van der Waals surface area contributed by atoms with Crippen molar-refractivity contribution in [2.24, 2.45) is 0 Å². The van der Waals surface area contributed by atoms with Crippen molar-refractivity contribution in [3.8, 4) is 11.1 Å². The van der Waals surface area contributed by atoms with Gasteiger partial charge in [0.05, 0.1) is 22.1 Å². The van der Waals surface area contributed by atoms with Gasteiger partial charge in [-0.25, -0.2) is 14.8 Å². The summed E-state index contributed by atoms with van der Waals surface area (Å²) in [6.07, 6.45) is 1.53. The summed E-state index contributed by atoms with van der Waals surface area (Å²) >= 11 is 7.36. The number of amides is 2. The summed E-state index contributed by atoms with van der Waals surface area (Å²) in [5.41, 5.74) is 1.40. The fraction of sp³-hybridized carbons (Fsp3) is 0.188. The molecule has 3 rings (SSSR count). The number of urea groups is 1. The molecule has 8 heteroatoms. The minimum absolute atomic E-state index is 0.0631. The topological polar surface area (TPSA) is 76.1 Å². The van der Waals surface area contributed by atoms with Gasteiger partial charge in [-0.2, -0.15) is 0 Å². The average Bonchev–Trinajstić information content (AvgIpc) is 2.89. The van der Waals surface area contributed by atoms with Gasteiger partial charge < -0.3 is 15.4 Å². The summed E-state index contributed by atoms with van der Waals surface area (Å²) in [6, 6.07) is 8.64. The number of hydrogen-bond acceptors (Lipinski definition) is 5. The molecule has 0 saturated carbocycles. The van der Waals surface area contributed by atoms with E-state index in [9.17, 15) is 4.79 Å². The second kappa shape index (κ2) is 7.02. The highest BCUT2D eigenvalue weighted by Crippen LogP contribution is 2.32. The summed E-state index contributed by atoms with van der Waals surface area (Å²) in [6.45, 7) is 3.78. The predicted molar refractivity (Wildman–Crippen MR) is 96.2 cm³/mol. The highest BCUT2D eigenvalue weighted by molar-refractivity contribution is 7.20. The van der Waals surface area contributed by atoms with Crippen molar-refractivity contribution in [2.45, 2.75) is 19.9 Å². The predicted octanol–water partition coefficient (Wildman–Crippen LogP) is 4.67. The summed E-state index contributed by atoms with van der Waals surface area (Å²) in [4.78, 5) is 20.2. The molecule has 0 aliphatic heterocycles. The number of fused-ring (bicyclic) bond motifs is 1. The molecule has 0 fully saturated rings. The lowest BCUT2D eigenvalue weighted by molar-refractivity contribution is 0.250. The first-order valence-corrected chi connectivity index (χ1v) is 8.46. The summed E-state index contributed by atoms with van der Waals surface area (Å²) in [7, 11) is 0. The second-order valence-electron chi connectivity index (χ2n) is 5.33. The van der Waals surface area contributed by atoms with Crippen molar-refractivity contribution in [3.05, 3.63) is 41.6 Å². The van der Waals surface area contributed by atoms with Crippen molar-refractivity contribution in [2.75, 3.05) is 5.32 Å². The molecule has 2 amide bonds. The third-order valence-electron chi connectivity index (χ3n) is 2.94. The Balaban J connectivity index is 1.67. The maximum Gasteiger partial charge on any atom is 0.319 e. The summed E-state index contributed by atoms with van der Waals surface area (Å²) < 4.78 is 6.60. The molecule has 0 aliphatic carbocycles. The minimum Gasteiger partial charge on any atom is -0.412 e. The number of rotatable bonds is 4. The first-order valence-electron chi connectivity index (χ1n) is 7.27. The molecule has 0 bridgehead atoms. The smallest absolute Gasteiger partial charge is 0.319 e. The van der Waals surface area contributed by atoms with Crippen molar-refractivity contribution in [3.63, 3.8) is 0 Å². The number of hydrogen-bond donors (Lipinski definition) is 2. The summed E-state index contributed by atoms with van der Waals surface area (Å²) in [5, 5.41) is 6.58. The van der Waals surface area contributed by atoms with Gasteiger partial charge in [0.1, 0.15) is 0 Å². The molecule has 2 N–H and O–H groups in total. The van der Waals surface area contributed by atoms with Gasteiger partial charge in [-0.15, -0.1) is 0 Å². The molecule has 2 heterocycles. The van der Waals surface area contributed by atoms with Crippen LogP contribution in [0.2, 0.25) is 5.02 Å². The monoisotopic (exact) mass is 362 g/mol.